The summed E-state index contributed by atoms with van der Waals surface area (Å²) in [4.78, 5) is 12.6. The van der Waals surface area contributed by atoms with Crippen LogP contribution in [0, 0.1) is 11.3 Å². The summed E-state index contributed by atoms with van der Waals surface area (Å²) >= 11 is 12.3. The van der Waals surface area contributed by atoms with E-state index >= 15 is 0 Å². The molecular formula is C22H12Cl2N2O2. The Labute approximate surface area is 170 Å². The van der Waals surface area contributed by atoms with Crippen molar-refractivity contribution < 1.29 is 9.21 Å². The van der Waals surface area contributed by atoms with E-state index in [0.29, 0.717) is 38.2 Å². The number of hydrogen-bond donors (Lipinski definition) is 0. The molecule has 0 aliphatic heterocycles. The summed E-state index contributed by atoms with van der Waals surface area (Å²) in [5.41, 5.74) is 1.81. The second-order valence-corrected chi connectivity index (χ2v) is 6.80. The van der Waals surface area contributed by atoms with E-state index in [0.717, 1.165) is 5.39 Å². The molecule has 4 rings (SSSR count). The minimum atomic E-state index is -0.281. The first-order valence-electron chi connectivity index (χ1n) is 8.35. The summed E-state index contributed by atoms with van der Waals surface area (Å²) in [5, 5.41) is 10.9. The first kappa shape index (κ1) is 18.1. The lowest BCUT2D eigenvalue weighted by atomic mass is 10.2. The van der Waals surface area contributed by atoms with Gasteiger partial charge in [-0.25, -0.2) is 0 Å². The number of furan rings is 1. The van der Waals surface area contributed by atoms with Crippen LogP contribution in [0.25, 0.3) is 28.3 Å². The quantitative estimate of drug-likeness (QED) is 0.368. The van der Waals surface area contributed by atoms with Crippen LogP contribution in [0.1, 0.15) is 16.1 Å². The van der Waals surface area contributed by atoms with Crippen LogP contribution in [0.15, 0.2) is 71.3 Å². The van der Waals surface area contributed by atoms with Crippen molar-refractivity contribution in [3.63, 3.8) is 0 Å². The topological polar surface area (TPSA) is 58.9 Å². The number of hydrogen-bond acceptors (Lipinski definition) is 3. The Morgan fingerprint density at radius 3 is 2.71 bits per heavy atom. The molecule has 0 aliphatic carbocycles. The molecular weight excluding hydrogens is 395 g/mol. The number of allylic oxidation sites excluding steroid dienone is 1. The molecule has 28 heavy (non-hydrogen) atoms. The number of rotatable bonds is 3. The van der Waals surface area contributed by atoms with Crippen molar-refractivity contribution in [1.82, 2.24) is 4.57 Å². The summed E-state index contributed by atoms with van der Waals surface area (Å²) in [6.45, 7) is 0. The Balaban J connectivity index is 1.62. The Kier molecular flexibility index (Phi) is 4.79. The lowest BCUT2D eigenvalue weighted by Gasteiger charge is -2.02. The highest BCUT2D eigenvalue weighted by atomic mass is 35.5. The molecule has 0 saturated carbocycles. The van der Waals surface area contributed by atoms with E-state index in [1.807, 2.05) is 18.2 Å². The summed E-state index contributed by atoms with van der Waals surface area (Å²) in [5.74, 6) is 0.769. The zero-order valence-corrected chi connectivity index (χ0v) is 15.9. The molecule has 0 aliphatic rings. The summed E-state index contributed by atoms with van der Waals surface area (Å²) in [6.07, 6.45) is 4.51. The molecule has 0 atom stereocenters. The lowest BCUT2D eigenvalue weighted by molar-refractivity contribution is 0.0974. The van der Waals surface area contributed by atoms with E-state index in [1.54, 1.807) is 42.5 Å². The molecule has 0 saturated heterocycles. The molecule has 2 aromatic heterocycles. The number of benzene rings is 2. The van der Waals surface area contributed by atoms with Crippen LogP contribution in [0.3, 0.4) is 0 Å². The Bertz CT molecular complexity index is 1280. The number of aromatic nitrogens is 1. The first-order chi connectivity index (χ1) is 13.6. The largest absolute Gasteiger partial charge is 0.457 e. The molecule has 4 nitrogen and oxygen atoms in total. The van der Waals surface area contributed by atoms with E-state index < -0.39 is 0 Å². The van der Waals surface area contributed by atoms with Crippen LogP contribution in [0.2, 0.25) is 10.0 Å². The highest BCUT2D eigenvalue weighted by molar-refractivity contribution is 6.43. The van der Waals surface area contributed by atoms with Crippen LogP contribution >= 0.6 is 23.2 Å². The van der Waals surface area contributed by atoms with E-state index in [9.17, 15) is 10.1 Å². The molecule has 0 bridgehead atoms. The van der Waals surface area contributed by atoms with Crippen molar-refractivity contribution in [2.24, 2.45) is 0 Å². The molecule has 0 spiro atoms. The normalized spacial score (nSPS) is 11.2. The number of halogens is 2. The molecule has 2 aromatic carbocycles. The number of carbonyl (C=O) groups is 1. The number of fused-ring (bicyclic) bond motifs is 1. The fourth-order valence-corrected chi connectivity index (χ4v) is 3.36. The lowest BCUT2D eigenvalue weighted by Crippen LogP contribution is -2.04. The molecule has 0 fully saturated rings. The van der Waals surface area contributed by atoms with Gasteiger partial charge in [0.1, 0.15) is 17.6 Å². The average molecular weight is 407 g/mol. The minimum Gasteiger partial charge on any atom is -0.457 e. The van der Waals surface area contributed by atoms with Gasteiger partial charge in [-0.15, -0.1) is 0 Å². The van der Waals surface area contributed by atoms with E-state index in [2.05, 4.69) is 6.07 Å². The smallest absolute Gasteiger partial charge is 0.255 e. The van der Waals surface area contributed by atoms with E-state index in [4.69, 9.17) is 27.6 Å². The van der Waals surface area contributed by atoms with Crippen LogP contribution in [-0.4, -0.2) is 10.5 Å². The van der Waals surface area contributed by atoms with Gasteiger partial charge in [0.05, 0.1) is 21.1 Å². The maximum atomic E-state index is 12.6. The molecule has 0 amide bonds. The van der Waals surface area contributed by atoms with Gasteiger partial charge in [-0.3, -0.25) is 9.36 Å². The van der Waals surface area contributed by atoms with Gasteiger partial charge in [-0.05, 0) is 36.4 Å². The number of nitrogens with zero attached hydrogens (tertiary/aromatic N) is 2. The van der Waals surface area contributed by atoms with Crippen LogP contribution in [0.5, 0.6) is 0 Å². The highest BCUT2D eigenvalue weighted by Crippen LogP contribution is 2.34. The fourth-order valence-electron chi connectivity index (χ4n) is 2.97. The molecule has 0 unspecified atom stereocenters. The third-order valence-corrected chi connectivity index (χ3v) is 5.12. The van der Waals surface area contributed by atoms with Crippen molar-refractivity contribution in [2.75, 3.05) is 0 Å². The van der Waals surface area contributed by atoms with E-state index in [1.165, 1.54) is 16.8 Å². The third-order valence-electron chi connectivity index (χ3n) is 4.30. The predicted octanol–water partition coefficient (Wildman–Crippen LogP) is 6.43. The van der Waals surface area contributed by atoms with Crippen molar-refractivity contribution in [3.8, 4) is 17.4 Å². The van der Waals surface area contributed by atoms with Crippen LogP contribution in [0.4, 0.5) is 0 Å². The molecule has 136 valence electrons. The van der Waals surface area contributed by atoms with E-state index in [-0.39, 0.29) is 5.91 Å². The van der Waals surface area contributed by atoms with Crippen LogP contribution < -0.4 is 0 Å². The van der Waals surface area contributed by atoms with Gasteiger partial charge in [0.15, 0.2) is 0 Å². The summed E-state index contributed by atoms with van der Waals surface area (Å²) in [6, 6.07) is 18.2. The van der Waals surface area contributed by atoms with Crippen molar-refractivity contribution in [2.45, 2.75) is 0 Å². The highest BCUT2D eigenvalue weighted by Gasteiger charge is 2.12. The maximum absolute atomic E-state index is 12.6. The second-order valence-electron chi connectivity index (χ2n) is 6.02. The number of carbonyl (C=O) groups excluding carboxylic acids is 1. The van der Waals surface area contributed by atoms with Gasteiger partial charge in [0, 0.05) is 23.2 Å². The first-order valence-corrected chi connectivity index (χ1v) is 9.11. The van der Waals surface area contributed by atoms with Crippen molar-refractivity contribution >= 4 is 46.1 Å². The van der Waals surface area contributed by atoms with Gasteiger partial charge in [-0.1, -0.05) is 47.5 Å². The average Bonchev–Trinajstić information content (AvgIpc) is 3.33. The Hall–Kier alpha value is -3.26. The Morgan fingerprint density at radius 1 is 1.07 bits per heavy atom. The fraction of sp³-hybridized carbons (Fsp3) is 0. The van der Waals surface area contributed by atoms with Crippen LogP contribution in [-0.2, 0) is 0 Å². The van der Waals surface area contributed by atoms with Crippen molar-refractivity contribution in [3.05, 3.63) is 88.2 Å². The number of para-hydroxylation sites is 1. The van der Waals surface area contributed by atoms with Crippen molar-refractivity contribution in [1.29, 1.82) is 5.26 Å². The van der Waals surface area contributed by atoms with Gasteiger partial charge >= 0.3 is 0 Å². The van der Waals surface area contributed by atoms with Gasteiger partial charge in [-0.2, -0.15) is 5.26 Å². The summed E-state index contributed by atoms with van der Waals surface area (Å²) in [7, 11) is 0. The van der Waals surface area contributed by atoms with Gasteiger partial charge in [0.2, 0.25) is 0 Å². The molecule has 0 radical (unpaired) electrons. The zero-order valence-electron chi connectivity index (χ0n) is 14.4. The molecule has 4 aromatic rings. The minimum absolute atomic E-state index is 0.281. The maximum Gasteiger partial charge on any atom is 0.255 e. The standard InChI is InChI=1S/C22H12Cl2N2O2/c23-18-6-3-5-17(22(18)24)20-10-8-15(28-20)9-11-21(27)26-13-14(12-25)16-4-1-2-7-19(16)26/h1-11,13H/b11-9+. The third kappa shape index (κ3) is 3.22. The zero-order chi connectivity index (χ0) is 19.7. The second kappa shape index (κ2) is 7.40. The number of nitriles is 1. The van der Waals surface area contributed by atoms with Gasteiger partial charge in [0.25, 0.3) is 5.91 Å². The monoisotopic (exact) mass is 406 g/mol. The SMILES string of the molecule is N#Cc1cn(C(=O)/C=C/c2ccc(-c3cccc(Cl)c3Cl)o2)c2ccccc12. The molecule has 2 heterocycles. The van der Waals surface area contributed by atoms with Gasteiger partial charge < -0.3 is 4.42 Å². The molecule has 0 N–H and O–H groups in total. The molecule has 6 heteroatoms. The Morgan fingerprint density at radius 2 is 1.89 bits per heavy atom. The summed E-state index contributed by atoms with van der Waals surface area (Å²) < 4.78 is 7.21. The predicted molar refractivity (Wildman–Crippen MR) is 110 cm³/mol.